The lowest BCUT2D eigenvalue weighted by atomic mass is 9.97. The summed E-state index contributed by atoms with van der Waals surface area (Å²) >= 11 is 0. The summed E-state index contributed by atoms with van der Waals surface area (Å²) in [6.07, 6.45) is -0.236. The van der Waals surface area contributed by atoms with Gasteiger partial charge in [-0.25, -0.2) is 4.79 Å². The van der Waals surface area contributed by atoms with Crippen LogP contribution in [0.4, 0.5) is 21.3 Å². The first-order valence-electron chi connectivity index (χ1n) is 10.1. The number of fused-ring (bicyclic) bond motifs is 5. The van der Waals surface area contributed by atoms with Gasteiger partial charge in [-0.05, 0) is 39.2 Å². The minimum Gasteiger partial charge on any atom is -0.436 e. The highest BCUT2D eigenvalue weighted by Gasteiger charge is 2.56. The van der Waals surface area contributed by atoms with Crippen molar-refractivity contribution in [3.63, 3.8) is 0 Å². The normalized spacial score (nSPS) is 25.8. The fraction of sp³-hybridized carbons (Fsp3) is 0.476. The zero-order valence-corrected chi connectivity index (χ0v) is 17.5. The number of aromatic nitrogens is 2. The molecule has 2 atom stereocenters. The average Bonchev–Trinajstić information content (AvgIpc) is 3.17. The van der Waals surface area contributed by atoms with Crippen molar-refractivity contribution in [2.75, 3.05) is 13.2 Å². The molecule has 1 saturated heterocycles. The van der Waals surface area contributed by atoms with Crippen molar-refractivity contribution < 1.29 is 23.6 Å². The maximum Gasteiger partial charge on any atom is 0.532 e. The molecule has 10 nitrogen and oxygen atoms in total. The lowest BCUT2D eigenvalue weighted by Gasteiger charge is -2.34. The molecule has 1 aliphatic carbocycles. The molecule has 5 rings (SSSR count). The molecule has 4 bridgehead atoms. The van der Waals surface area contributed by atoms with E-state index in [-0.39, 0.29) is 25.1 Å². The number of amides is 2. The van der Waals surface area contributed by atoms with Gasteiger partial charge in [0.25, 0.3) is 0 Å². The molecule has 1 unspecified atom stereocenters. The van der Waals surface area contributed by atoms with E-state index in [0.717, 1.165) is 18.4 Å². The van der Waals surface area contributed by atoms with Crippen LogP contribution in [0, 0.1) is 11.3 Å². The van der Waals surface area contributed by atoms with Crippen molar-refractivity contribution >= 4 is 23.9 Å². The molecule has 0 N–H and O–H groups in total. The van der Waals surface area contributed by atoms with E-state index in [9.17, 15) is 14.9 Å². The summed E-state index contributed by atoms with van der Waals surface area (Å²) in [5, 5.41) is 13.5. The van der Waals surface area contributed by atoms with E-state index in [1.54, 1.807) is 32.9 Å². The Hall–Kier alpha value is -3.45. The second-order valence-corrected chi connectivity index (χ2v) is 9.20. The minimum absolute atomic E-state index is 0.00795. The monoisotopic (exact) mass is 424 g/mol. The van der Waals surface area contributed by atoms with Crippen molar-refractivity contribution in [3.05, 3.63) is 35.7 Å². The fourth-order valence-electron chi connectivity index (χ4n) is 3.98. The standard InChI is InChI=1S/C21H22N5O5/c1-20(2,3)30-19(28)26(14-6-4-13(5-7-14)21(11-22)8-9-21)12-25-10-15(29-18(25)27)16-23-17(26)31-24-16/h4-7,15H,8-10,12H2,1-3H3/q+1/t15?,26-/m0/s1. The van der Waals surface area contributed by atoms with Crippen LogP contribution in [0.3, 0.4) is 0 Å². The molecule has 1 aromatic carbocycles. The largest absolute Gasteiger partial charge is 0.532 e. The van der Waals surface area contributed by atoms with E-state index in [1.165, 1.54) is 4.90 Å². The lowest BCUT2D eigenvalue weighted by molar-refractivity contribution is 0.0254. The zero-order valence-electron chi connectivity index (χ0n) is 17.5. The predicted octanol–water partition coefficient (Wildman–Crippen LogP) is 3.66. The SMILES string of the molecule is CC(C)(C)OC(=O)[N@+]1(c2ccc(C3(C#N)CC3)cc2)CN2CC(OC2=O)c2noc1n2. The first-order chi connectivity index (χ1) is 14.7. The maximum atomic E-state index is 13.6. The van der Waals surface area contributed by atoms with E-state index in [2.05, 4.69) is 16.2 Å². The van der Waals surface area contributed by atoms with Crippen molar-refractivity contribution in [2.24, 2.45) is 0 Å². The van der Waals surface area contributed by atoms with E-state index in [1.807, 2.05) is 12.1 Å². The Balaban J connectivity index is 1.66. The topological polar surface area (TPSA) is 119 Å². The van der Waals surface area contributed by atoms with Gasteiger partial charge in [-0.3, -0.25) is 9.42 Å². The quantitative estimate of drug-likeness (QED) is 0.670. The highest BCUT2D eigenvalue weighted by Crippen LogP contribution is 2.48. The van der Waals surface area contributed by atoms with Crippen molar-refractivity contribution in [1.82, 2.24) is 19.5 Å². The Morgan fingerprint density at radius 2 is 2.03 bits per heavy atom. The third-order valence-electron chi connectivity index (χ3n) is 5.85. The second-order valence-electron chi connectivity index (χ2n) is 9.20. The highest BCUT2D eigenvalue weighted by atomic mass is 16.6. The molecular weight excluding hydrogens is 402 g/mol. The maximum absolute atomic E-state index is 13.6. The van der Waals surface area contributed by atoms with Crippen LogP contribution in [0.5, 0.6) is 0 Å². The Labute approximate surface area is 178 Å². The van der Waals surface area contributed by atoms with Gasteiger partial charge in [0.05, 0.1) is 18.0 Å². The number of nitrogens with zero attached hydrogens (tertiary/aromatic N) is 5. The second kappa shape index (κ2) is 6.28. The summed E-state index contributed by atoms with van der Waals surface area (Å²) < 4.78 is 16.0. The third kappa shape index (κ3) is 2.96. The van der Waals surface area contributed by atoms with Crippen LogP contribution >= 0.6 is 0 Å². The number of hydrogen-bond donors (Lipinski definition) is 0. The van der Waals surface area contributed by atoms with Gasteiger partial charge in [-0.1, -0.05) is 21.8 Å². The van der Waals surface area contributed by atoms with E-state index < -0.39 is 33.8 Å². The molecule has 3 heterocycles. The first kappa shape index (κ1) is 19.5. The van der Waals surface area contributed by atoms with Crippen LogP contribution in [-0.4, -0.2) is 46.0 Å². The molecular formula is C21H22N5O5+. The van der Waals surface area contributed by atoms with Crippen LogP contribution in [0.1, 0.15) is 51.1 Å². The lowest BCUT2D eigenvalue weighted by Crippen LogP contribution is -2.58. The van der Waals surface area contributed by atoms with Gasteiger partial charge in [-0.2, -0.15) is 10.1 Å². The van der Waals surface area contributed by atoms with Crippen molar-refractivity contribution in [2.45, 2.75) is 50.7 Å². The van der Waals surface area contributed by atoms with Crippen LogP contribution in [0.25, 0.3) is 0 Å². The van der Waals surface area contributed by atoms with Gasteiger partial charge in [0, 0.05) is 12.1 Å². The number of rotatable bonds is 2. The Morgan fingerprint density at radius 3 is 2.65 bits per heavy atom. The number of hydrogen-bond acceptors (Lipinski definition) is 8. The Morgan fingerprint density at radius 1 is 1.32 bits per heavy atom. The summed E-state index contributed by atoms with van der Waals surface area (Å²) in [4.78, 5) is 31.9. The third-order valence-corrected chi connectivity index (χ3v) is 5.85. The average molecular weight is 424 g/mol. The molecule has 31 heavy (non-hydrogen) atoms. The number of nitriles is 1. The number of benzene rings is 1. The minimum atomic E-state index is -0.791. The Kier molecular flexibility index (Phi) is 3.95. The van der Waals surface area contributed by atoms with Gasteiger partial charge in [0.1, 0.15) is 5.60 Å². The molecule has 0 radical (unpaired) electrons. The van der Waals surface area contributed by atoms with Crippen LogP contribution in [0.15, 0.2) is 28.8 Å². The molecule has 2 aromatic rings. The molecule has 0 spiro atoms. The van der Waals surface area contributed by atoms with Gasteiger partial charge in [0.2, 0.25) is 5.82 Å². The number of ether oxygens (including phenoxy) is 2. The highest BCUT2D eigenvalue weighted by molar-refractivity contribution is 5.89. The van der Waals surface area contributed by atoms with Gasteiger partial charge in [-0.15, -0.1) is 4.98 Å². The summed E-state index contributed by atoms with van der Waals surface area (Å²) in [6.45, 7) is 5.37. The van der Waals surface area contributed by atoms with Gasteiger partial charge >= 0.3 is 18.2 Å². The van der Waals surface area contributed by atoms with Crippen LogP contribution in [0.2, 0.25) is 0 Å². The smallest absolute Gasteiger partial charge is 0.436 e. The molecule has 2 fully saturated rings. The summed E-state index contributed by atoms with van der Waals surface area (Å²) in [6, 6.07) is 9.53. The van der Waals surface area contributed by atoms with Gasteiger partial charge < -0.3 is 9.47 Å². The zero-order chi connectivity index (χ0) is 22.0. The molecule has 160 valence electrons. The summed E-state index contributed by atoms with van der Waals surface area (Å²) in [5.74, 6) is 0.203. The fourth-order valence-corrected chi connectivity index (χ4v) is 3.98. The molecule has 1 aromatic heterocycles. The number of quaternary nitrogens is 1. The van der Waals surface area contributed by atoms with E-state index >= 15 is 0 Å². The summed E-state index contributed by atoms with van der Waals surface area (Å²) in [5.41, 5.74) is 0.121. The van der Waals surface area contributed by atoms with Gasteiger partial charge in [0.15, 0.2) is 18.5 Å². The Bertz CT molecular complexity index is 1110. The van der Waals surface area contributed by atoms with Crippen molar-refractivity contribution in [1.29, 1.82) is 5.26 Å². The predicted molar refractivity (Wildman–Crippen MR) is 106 cm³/mol. The van der Waals surface area contributed by atoms with Crippen LogP contribution < -0.4 is 4.48 Å². The van der Waals surface area contributed by atoms with E-state index in [0.29, 0.717) is 5.69 Å². The van der Waals surface area contributed by atoms with Crippen LogP contribution in [-0.2, 0) is 14.9 Å². The first-order valence-corrected chi connectivity index (χ1v) is 10.1. The molecule has 2 aliphatic heterocycles. The molecule has 10 heteroatoms. The molecule has 1 saturated carbocycles. The molecule has 2 amide bonds. The number of carbonyl (C=O) groups excluding carboxylic acids is 2. The van der Waals surface area contributed by atoms with E-state index in [4.69, 9.17) is 14.0 Å². The molecule has 3 aliphatic rings. The van der Waals surface area contributed by atoms with Crippen molar-refractivity contribution in [3.8, 4) is 6.07 Å². The summed E-state index contributed by atoms with van der Waals surface area (Å²) in [7, 11) is 0. The number of carbonyl (C=O) groups is 2.